The minimum atomic E-state index is -0.0585. The number of nitrogens with zero attached hydrogens (tertiary/aromatic N) is 3. The number of carbonyl (C=O) groups excluding carboxylic acids is 1. The van der Waals surface area contributed by atoms with Crippen LogP contribution in [0, 0.1) is 11.3 Å². The molecule has 4 nitrogen and oxygen atoms in total. The molecular formula is C14H11N3OS2. The van der Waals surface area contributed by atoms with E-state index in [1.165, 1.54) is 11.8 Å². The van der Waals surface area contributed by atoms with Crippen LogP contribution in [0.4, 0.5) is 5.69 Å². The van der Waals surface area contributed by atoms with Gasteiger partial charge in [-0.3, -0.25) is 4.79 Å². The molecule has 3 rings (SSSR count). The van der Waals surface area contributed by atoms with Gasteiger partial charge in [-0.2, -0.15) is 5.26 Å². The normalized spacial score (nSPS) is 18.2. The zero-order valence-electron chi connectivity index (χ0n) is 10.5. The smallest absolute Gasteiger partial charge is 0.240 e. The van der Waals surface area contributed by atoms with E-state index in [1.807, 2.05) is 17.5 Å². The van der Waals surface area contributed by atoms with Gasteiger partial charge in [0.15, 0.2) is 4.34 Å². The summed E-state index contributed by atoms with van der Waals surface area (Å²) in [5.74, 6) is 0.120. The van der Waals surface area contributed by atoms with E-state index in [0.717, 1.165) is 16.4 Å². The van der Waals surface area contributed by atoms with Gasteiger partial charge in [0.2, 0.25) is 5.91 Å². The maximum Gasteiger partial charge on any atom is 0.240 e. The Morgan fingerprint density at radius 2 is 2.20 bits per heavy atom. The highest BCUT2D eigenvalue weighted by Crippen LogP contribution is 2.33. The Labute approximate surface area is 125 Å². The molecule has 20 heavy (non-hydrogen) atoms. The fraction of sp³-hybridized carbons (Fsp3) is 0.214. The largest absolute Gasteiger partial charge is 0.311 e. The molecule has 1 atom stereocenters. The van der Waals surface area contributed by atoms with Crippen LogP contribution in [0.15, 0.2) is 40.2 Å². The Kier molecular flexibility index (Phi) is 3.72. The van der Waals surface area contributed by atoms with Crippen molar-refractivity contribution in [2.45, 2.75) is 16.0 Å². The summed E-state index contributed by atoms with van der Waals surface area (Å²) in [7, 11) is 0. The molecule has 0 saturated carbocycles. The van der Waals surface area contributed by atoms with Crippen LogP contribution in [-0.4, -0.2) is 22.7 Å². The molecule has 1 aromatic carbocycles. The molecule has 0 spiro atoms. The second-order valence-corrected chi connectivity index (χ2v) is 6.69. The molecule has 2 heterocycles. The van der Waals surface area contributed by atoms with Crippen molar-refractivity contribution in [1.82, 2.24) is 4.98 Å². The van der Waals surface area contributed by atoms with Gasteiger partial charge in [0.1, 0.15) is 0 Å². The van der Waals surface area contributed by atoms with Gasteiger partial charge in [0, 0.05) is 23.8 Å². The first kappa shape index (κ1) is 13.2. The van der Waals surface area contributed by atoms with Gasteiger partial charge in [0.25, 0.3) is 0 Å². The summed E-state index contributed by atoms with van der Waals surface area (Å²) in [6, 6.07) is 9.21. The number of hydrogen-bond donors (Lipinski definition) is 0. The summed E-state index contributed by atoms with van der Waals surface area (Å²) >= 11 is 3.09. The zero-order chi connectivity index (χ0) is 13.9. The van der Waals surface area contributed by atoms with Gasteiger partial charge in [-0.15, -0.1) is 11.3 Å². The number of aromatic nitrogens is 1. The molecule has 6 heteroatoms. The second-order valence-electron chi connectivity index (χ2n) is 4.34. The monoisotopic (exact) mass is 301 g/mol. The van der Waals surface area contributed by atoms with Crippen LogP contribution in [-0.2, 0) is 4.79 Å². The Morgan fingerprint density at radius 3 is 2.85 bits per heavy atom. The van der Waals surface area contributed by atoms with E-state index in [1.54, 1.807) is 34.6 Å². The van der Waals surface area contributed by atoms with Gasteiger partial charge in [0.05, 0.1) is 16.9 Å². The molecule has 1 fully saturated rings. The van der Waals surface area contributed by atoms with Crippen molar-refractivity contribution in [2.24, 2.45) is 0 Å². The number of anilines is 1. The minimum Gasteiger partial charge on any atom is -0.311 e. The molecule has 0 aliphatic carbocycles. The maximum atomic E-state index is 12.4. The predicted octanol–water partition coefficient (Wildman–Crippen LogP) is 2.91. The minimum absolute atomic E-state index is 0.0585. The van der Waals surface area contributed by atoms with Crippen molar-refractivity contribution >= 4 is 34.7 Å². The molecule has 0 radical (unpaired) electrons. The Balaban J connectivity index is 1.73. The van der Waals surface area contributed by atoms with E-state index >= 15 is 0 Å². The predicted molar refractivity (Wildman–Crippen MR) is 79.9 cm³/mol. The number of rotatable bonds is 3. The first-order valence-corrected chi connectivity index (χ1v) is 7.91. The third-order valence-electron chi connectivity index (χ3n) is 3.12. The van der Waals surface area contributed by atoms with Crippen LogP contribution < -0.4 is 4.90 Å². The molecule has 0 N–H and O–H groups in total. The van der Waals surface area contributed by atoms with Gasteiger partial charge >= 0.3 is 0 Å². The average Bonchev–Trinajstić information content (AvgIpc) is 3.11. The second kappa shape index (κ2) is 5.65. The summed E-state index contributed by atoms with van der Waals surface area (Å²) in [5, 5.41) is 10.7. The van der Waals surface area contributed by atoms with Crippen LogP contribution in [0.2, 0.25) is 0 Å². The van der Waals surface area contributed by atoms with Gasteiger partial charge < -0.3 is 4.90 Å². The van der Waals surface area contributed by atoms with E-state index in [4.69, 9.17) is 5.26 Å². The lowest BCUT2D eigenvalue weighted by Crippen LogP contribution is -2.27. The summed E-state index contributed by atoms with van der Waals surface area (Å²) in [4.78, 5) is 18.4. The number of thiazole rings is 1. The van der Waals surface area contributed by atoms with Crippen molar-refractivity contribution in [3.8, 4) is 6.07 Å². The lowest BCUT2D eigenvalue weighted by molar-refractivity contribution is -0.116. The quantitative estimate of drug-likeness (QED) is 0.874. The van der Waals surface area contributed by atoms with Gasteiger partial charge in [-0.1, -0.05) is 11.8 Å². The van der Waals surface area contributed by atoms with Crippen molar-refractivity contribution in [2.75, 3.05) is 11.4 Å². The number of hydrogen-bond acceptors (Lipinski definition) is 5. The van der Waals surface area contributed by atoms with Crippen molar-refractivity contribution < 1.29 is 4.79 Å². The van der Waals surface area contributed by atoms with E-state index in [9.17, 15) is 4.79 Å². The third kappa shape index (κ3) is 2.55. The van der Waals surface area contributed by atoms with Crippen LogP contribution in [0.1, 0.15) is 12.0 Å². The van der Waals surface area contributed by atoms with E-state index in [-0.39, 0.29) is 11.2 Å². The maximum absolute atomic E-state index is 12.4. The Morgan fingerprint density at radius 1 is 1.40 bits per heavy atom. The number of benzene rings is 1. The SMILES string of the molecule is N#Cc1ccc(N2CCC(Sc3nccs3)C2=O)cc1. The molecule has 1 aliphatic heterocycles. The zero-order valence-corrected chi connectivity index (χ0v) is 12.2. The van der Waals surface area contributed by atoms with Crippen LogP contribution in [0.3, 0.4) is 0 Å². The molecular weight excluding hydrogens is 290 g/mol. The number of thioether (sulfide) groups is 1. The average molecular weight is 301 g/mol. The highest BCUT2D eigenvalue weighted by Gasteiger charge is 2.33. The summed E-state index contributed by atoms with van der Waals surface area (Å²) in [5.41, 5.74) is 1.46. The van der Waals surface area contributed by atoms with E-state index < -0.39 is 0 Å². The molecule has 0 bridgehead atoms. The standard InChI is InChI=1S/C14H11N3OS2/c15-9-10-1-3-11(4-2-10)17-7-5-12(13(17)18)20-14-16-6-8-19-14/h1-4,6,8,12H,5,7H2. The van der Waals surface area contributed by atoms with Crippen molar-refractivity contribution in [3.05, 3.63) is 41.4 Å². The fourth-order valence-corrected chi connectivity index (χ4v) is 4.04. The van der Waals surface area contributed by atoms with Crippen molar-refractivity contribution in [3.63, 3.8) is 0 Å². The molecule has 1 amide bonds. The summed E-state index contributed by atoms with van der Waals surface area (Å²) in [6.45, 7) is 0.716. The fourth-order valence-electron chi connectivity index (χ4n) is 2.13. The molecule has 100 valence electrons. The number of carbonyl (C=O) groups is 1. The van der Waals surface area contributed by atoms with Gasteiger partial charge in [-0.25, -0.2) is 4.98 Å². The van der Waals surface area contributed by atoms with Crippen LogP contribution in [0.5, 0.6) is 0 Å². The van der Waals surface area contributed by atoms with E-state index in [2.05, 4.69) is 11.1 Å². The lowest BCUT2D eigenvalue weighted by atomic mass is 10.2. The third-order valence-corrected chi connectivity index (χ3v) is 5.29. The number of nitriles is 1. The molecule has 1 aliphatic rings. The van der Waals surface area contributed by atoms with Crippen LogP contribution >= 0.6 is 23.1 Å². The summed E-state index contributed by atoms with van der Waals surface area (Å²) in [6.07, 6.45) is 2.58. The topological polar surface area (TPSA) is 57.0 Å². The van der Waals surface area contributed by atoms with Crippen LogP contribution in [0.25, 0.3) is 0 Å². The Hall–Kier alpha value is -1.84. The lowest BCUT2D eigenvalue weighted by Gasteiger charge is -2.16. The first-order valence-electron chi connectivity index (χ1n) is 6.15. The summed E-state index contributed by atoms with van der Waals surface area (Å²) < 4.78 is 0.935. The highest BCUT2D eigenvalue weighted by atomic mass is 32.2. The number of amides is 1. The molecule has 1 saturated heterocycles. The molecule has 1 unspecified atom stereocenters. The van der Waals surface area contributed by atoms with E-state index in [0.29, 0.717) is 12.1 Å². The highest BCUT2D eigenvalue weighted by molar-refractivity contribution is 8.02. The Bertz CT molecular complexity index is 646. The molecule has 1 aromatic heterocycles. The van der Waals surface area contributed by atoms with Crippen molar-refractivity contribution in [1.29, 1.82) is 5.26 Å². The first-order chi connectivity index (χ1) is 9.78. The van der Waals surface area contributed by atoms with Gasteiger partial charge in [-0.05, 0) is 30.7 Å². The molecule has 2 aromatic rings.